The lowest BCUT2D eigenvalue weighted by molar-refractivity contribution is 0.0843. The minimum Gasteiger partial charge on any atom is -0.351 e. The molecule has 0 radical (unpaired) electrons. The van der Waals surface area contributed by atoms with Crippen LogP contribution in [0.25, 0.3) is 21.3 Å². The van der Waals surface area contributed by atoms with Crippen LogP contribution in [0, 0.1) is 5.92 Å². The van der Waals surface area contributed by atoms with E-state index in [1.807, 2.05) is 6.07 Å². The van der Waals surface area contributed by atoms with Crippen molar-refractivity contribution in [2.45, 2.75) is 44.3 Å². The van der Waals surface area contributed by atoms with Crippen LogP contribution in [0.2, 0.25) is 5.02 Å². The number of benzene rings is 1. The highest BCUT2D eigenvalue weighted by Gasteiger charge is 2.34. The second-order valence-electron chi connectivity index (χ2n) is 9.54. The average molecular weight is 527 g/mol. The summed E-state index contributed by atoms with van der Waals surface area (Å²) >= 11 is 7.51. The molecule has 2 amide bonds. The summed E-state index contributed by atoms with van der Waals surface area (Å²) in [5.74, 6) is -0.341. The van der Waals surface area contributed by atoms with Crippen molar-refractivity contribution in [3.05, 3.63) is 61.0 Å². The average Bonchev–Trinajstić information content (AvgIpc) is 3.47. The Balaban J connectivity index is 1.32. The van der Waals surface area contributed by atoms with E-state index in [2.05, 4.69) is 42.6 Å². The van der Waals surface area contributed by atoms with Gasteiger partial charge in [-0.25, -0.2) is 4.98 Å². The monoisotopic (exact) mass is 526 g/mol. The van der Waals surface area contributed by atoms with E-state index < -0.39 is 0 Å². The molecule has 2 aliphatic rings. The number of amides is 2. The third-order valence-electron chi connectivity index (χ3n) is 6.94. The van der Waals surface area contributed by atoms with Gasteiger partial charge in [0.15, 0.2) is 5.01 Å². The van der Waals surface area contributed by atoms with E-state index in [-0.39, 0.29) is 29.8 Å². The van der Waals surface area contributed by atoms with Gasteiger partial charge in [0.1, 0.15) is 5.69 Å². The summed E-state index contributed by atoms with van der Waals surface area (Å²) in [4.78, 5) is 40.3. The van der Waals surface area contributed by atoms with E-state index >= 15 is 0 Å². The lowest BCUT2D eigenvalue weighted by atomic mass is 9.82. The minimum absolute atomic E-state index is 0.132. The maximum absolute atomic E-state index is 13.2. The standard InChI is InChI=1S/C24H27ClN8O2S/c1-33-7-6-18-21(12-33)36-24(31-18)23(35)30-19-8-13(11-27-32-26)2-4-17(19)29-22(34)20-10-14-9-15(25)3-5-16(14)28-20/h3,5,9-10,13,17,19,28H,2,4,6-8,11-12H2,1H3,(H,29,34)(H,30,35). The minimum atomic E-state index is -0.309. The van der Waals surface area contributed by atoms with Crippen LogP contribution in [-0.4, -0.2) is 58.9 Å². The molecule has 3 atom stereocenters. The zero-order chi connectivity index (χ0) is 25.2. The van der Waals surface area contributed by atoms with Crippen LogP contribution in [-0.2, 0) is 13.0 Å². The van der Waals surface area contributed by atoms with Crippen molar-refractivity contribution in [3.63, 3.8) is 0 Å². The molecule has 1 aliphatic carbocycles. The van der Waals surface area contributed by atoms with Gasteiger partial charge >= 0.3 is 0 Å². The molecule has 10 nitrogen and oxygen atoms in total. The molecule has 3 aromatic rings. The fourth-order valence-electron chi connectivity index (χ4n) is 5.03. The number of hydrogen-bond donors (Lipinski definition) is 3. The molecule has 0 bridgehead atoms. The Morgan fingerprint density at radius 3 is 2.94 bits per heavy atom. The Bertz CT molecular complexity index is 1350. The fraction of sp³-hybridized carbons (Fsp3) is 0.458. The van der Waals surface area contributed by atoms with E-state index in [1.165, 1.54) is 11.3 Å². The number of nitrogens with zero attached hydrogens (tertiary/aromatic N) is 5. The van der Waals surface area contributed by atoms with Crippen molar-refractivity contribution in [1.29, 1.82) is 0 Å². The fourth-order valence-corrected chi connectivity index (χ4v) is 6.30. The number of thiazole rings is 1. The van der Waals surface area contributed by atoms with Crippen molar-refractivity contribution < 1.29 is 9.59 Å². The Kier molecular flexibility index (Phi) is 7.15. The number of likely N-dealkylation sites (N-methyl/N-ethyl adjacent to an activating group) is 1. The zero-order valence-corrected chi connectivity index (χ0v) is 21.4. The molecular weight excluding hydrogens is 500 g/mol. The first kappa shape index (κ1) is 24.6. The molecule has 5 rings (SSSR count). The quantitative estimate of drug-likeness (QED) is 0.250. The number of halogens is 1. The van der Waals surface area contributed by atoms with Crippen molar-refractivity contribution >= 4 is 45.7 Å². The van der Waals surface area contributed by atoms with E-state index in [9.17, 15) is 9.59 Å². The van der Waals surface area contributed by atoms with Crippen molar-refractivity contribution in [3.8, 4) is 0 Å². The first-order valence-corrected chi connectivity index (χ1v) is 13.2. The summed E-state index contributed by atoms with van der Waals surface area (Å²) in [6.45, 7) is 2.09. The SMILES string of the molecule is CN1CCc2nc(C(=O)NC3CC(CN=[N+]=[N-])CCC3NC(=O)c3cc4cc(Cl)ccc4[nH]3)sc2C1. The van der Waals surface area contributed by atoms with Crippen molar-refractivity contribution in [2.24, 2.45) is 11.0 Å². The molecule has 3 heterocycles. The highest BCUT2D eigenvalue weighted by atomic mass is 35.5. The van der Waals surface area contributed by atoms with E-state index in [0.717, 1.165) is 47.4 Å². The third kappa shape index (κ3) is 5.34. The Morgan fingerprint density at radius 1 is 1.28 bits per heavy atom. The Labute approximate surface area is 217 Å². The summed E-state index contributed by atoms with van der Waals surface area (Å²) in [6, 6.07) is 6.61. The van der Waals surface area contributed by atoms with Gasteiger partial charge in [-0.1, -0.05) is 16.7 Å². The van der Waals surface area contributed by atoms with E-state index in [1.54, 1.807) is 18.2 Å². The largest absolute Gasteiger partial charge is 0.351 e. The number of hydrogen-bond acceptors (Lipinski definition) is 6. The molecule has 36 heavy (non-hydrogen) atoms. The van der Waals surface area contributed by atoms with Crippen LogP contribution in [0.3, 0.4) is 0 Å². The van der Waals surface area contributed by atoms with Gasteiger partial charge in [-0.2, -0.15) is 0 Å². The van der Waals surface area contributed by atoms with Gasteiger partial charge in [-0.3, -0.25) is 9.59 Å². The van der Waals surface area contributed by atoms with Gasteiger partial charge in [-0.15, -0.1) is 11.3 Å². The van der Waals surface area contributed by atoms with Gasteiger partial charge in [0.2, 0.25) is 0 Å². The summed E-state index contributed by atoms with van der Waals surface area (Å²) in [7, 11) is 2.06. The lowest BCUT2D eigenvalue weighted by Crippen LogP contribution is -2.54. The molecule has 1 aliphatic heterocycles. The summed E-state index contributed by atoms with van der Waals surface area (Å²) in [5.41, 5.74) is 11.0. The molecular formula is C24H27ClN8O2S. The molecule has 3 N–H and O–H groups in total. The second kappa shape index (κ2) is 10.5. The van der Waals surface area contributed by atoms with Crippen LogP contribution < -0.4 is 10.6 Å². The number of azide groups is 1. The molecule has 1 fully saturated rings. The number of nitrogens with one attached hydrogen (secondary N) is 3. The van der Waals surface area contributed by atoms with Crippen molar-refractivity contribution in [2.75, 3.05) is 20.1 Å². The number of H-pyrrole nitrogens is 1. The molecule has 0 spiro atoms. The molecule has 2 aromatic heterocycles. The molecule has 0 saturated heterocycles. The first-order valence-electron chi connectivity index (χ1n) is 12.0. The van der Waals surface area contributed by atoms with Gasteiger partial charge in [0, 0.05) is 63.9 Å². The van der Waals surface area contributed by atoms with Gasteiger partial charge in [0.25, 0.3) is 11.8 Å². The Morgan fingerprint density at radius 2 is 2.11 bits per heavy atom. The Hall–Kier alpha value is -3.11. The van der Waals surface area contributed by atoms with Crippen LogP contribution in [0.1, 0.15) is 50.1 Å². The molecule has 188 valence electrons. The number of fused-ring (bicyclic) bond motifs is 2. The predicted molar refractivity (Wildman–Crippen MR) is 139 cm³/mol. The highest BCUT2D eigenvalue weighted by molar-refractivity contribution is 7.13. The maximum Gasteiger partial charge on any atom is 0.280 e. The number of aromatic nitrogens is 2. The van der Waals surface area contributed by atoms with Gasteiger partial charge < -0.3 is 20.5 Å². The highest BCUT2D eigenvalue weighted by Crippen LogP contribution is 2.28. The summed E-state index contributed by atoms with van der Waals surface area (Å²) in [6.07, 6.45) is 2.89. The van der Waals surface area contributed by atoms with Gasteiger partial charge in [-0.05, 0) is 62.0 Å². The van der Waals surface area contributed by atoms with Gasteiger partial charge in [0.05, 0.1) is 5.69 Å². The topological polar surface area (TPSA) is 139 Å². The van der Waals surface area contributed by atoms with Crippen molar-refractivity contribution in [1.82, 2.24) is 25.5 Å². The molecule has 3 unspecified atom stereocenters. The van der Waals surface area contributed by atoms with Crippen LogP contribution in [0.4, 0.5) is 0 Å². The van der Waals surface area contributed by atoms with Crippen LogP contribution >= 0.6 is 22.9 Å². The smallest absolute Gasteiger partial charge is 0.280 e. The number of carbonyl (C=O) groups is 2. The van der Waals surface area contributed by atoms with E-state index in [4.69, 9.17) is 17.1 Å². The predicted octanol–water partition coefficient (Wildman–Crippen LogP) is 4.27. The summed E-state index contributed by atoms with van der Waals surface area (Å²) < 4.78 is 0. The van der Waals surface area contributed by atoms with Crippen LogP contribution in [0.5, 0.6) is 0 Å². The third-order valence-corrected chi connectivity index (χ3v) is 8.25. The van der Waals surface area contributed by atoms with E-state index in [0.29, 0.717) is 35.1 Å². The second-order valence-corrected chi connectivity index (χ2v) is 11.1. The first-order chi connectivity index (χ1) is 17.4. The number of aromatic amines is 1. The molecule has 12 heteroatoms. The number of carbonyl (C=O) groups excluding carboxylic acids is 2. The molecule has 1 aromatic carbocycles. The summed E-state index contributed by atoms with van der Waals surface area (Å²) in [5, 5.41) is 11.9. The van der Waals surface area contributed by atoms with Crippen LogP contribution in [0.15, 0.2) is 29.4 Å². The number of rotatable bonds is 6. The zero-order valence-electron chi connectivity index (χ0n) is 19.8. The maximum atomic E-state index is 13.2. The normalized spacial score (nSPS) is 22.0. The lowest BCUT2D eigenvalue weighted by Gasteiger charge is -2.36. The molecule has 1 saturated carbocycles.